The highest BCUT2D eigenvalue weighted by atomic mass is 35.5. The Bertz CT molecular complexity index is 576. The molecule has 2 aromatic rings. The molecule has 0 spiro atoms. The van der Waals surface area contributed by atoms with Crippen LogP contribution in [0.5, 0.6) is 11.6 Å². The van der Waals surface area contributed by atoms with Crippen LogP contribution in [0.1, 0.15) is 24.5 Å². The summed E-state index contributed by atoms with van der Waals surface area (Å²) in [5.74, 6) is 1.17. The SMILES string of the molecule is CCCc1c(Cl)ncnc1Oc1ccccc1CCO. The van der Waals surface area contributed by atoms with Crippen molar-refractivity contribution >= 4 is 11.6 Å². The molecule has 106 valence electrons. The molecule has 2 rings (SSSR count). The Morgan fingerprint density at radius 1 is 1.20 bits per heavy atom. The zero-order chi connectivity index (χ0) is 14.4. The highest BCUT2D eigenvalue weighted by molar-refractivity contribution is 6.30. The van der Waals surface area contributed by atoms with Crippen LogP contribution in [0.25, 0.3) is 0 Å². The molecule has 0 aliphatic heterocycles. The number of aromatic nitrogens is 2. The number of halogens is 1. The quantitative estimate of drug-likeness (QED) is 0.829. The summed E-state index contributed by atoms with van der Waals surface area (Å²) in [6.45, 7) is 2.14. The van der Waals surface area contributed by atoms with Crippen molar-refractivity contribution in [3.05, 3.63) is 46.9 Å². The second kappa shape index (κ2) is 7.22. The summed E-state index contributed by atoms with van der Waals surface area (Å²) in [6.07, 6.45) is 3.63. The molecule has 0 amide bonds. The summed E-state index contributed by atoms with van der Waals surface area (Å²) < 4.78 is 5.88. The van der Waals surface area contributed by atoms with Crippen molar-refractivity contribution in [1.82, 2.24) is 9.97 Å². The van der Waals surface area contributed by atoms with Gasteiger partial charge >= 0.3 is 0 Å². The van der Waals surface area contributed by atoms with Crippen molar-refractivity contribution in [2.24, 2.45) is 0 Å². The first-order valence-corrected chi connectivity index (χ1v) is 7.00. The minimum Gasteiger partial charge on any atom is -0.438 e. The number of rotatable bonds is 6. The predicted molar refractivity (Wildman–Crippen MR) is 78.3 cm³/mol. The molecular formula is C15H17ClN2O2. The van der Waals surface area contributed by atoms with Crippen LogP contribution in [0.3, 0.4) is 0 Å². The van der Waals surface area contributed by atoms with Crippen LogP contribution in [0.4, 0.5) is 0 Å². The molecule has 0 saturated carbocycles. The van der Waals surface area contributed by atoms with Crippen molar-refractivity contribution in [3.8, 4) is 11.6 Å². The number of aliphatic hydroxyl groups excluding tert-OH is 1. The Kier molecular flexibility index (Phi) is 5.32. The maximum Gasteiger partial charge on any atom is 0.227 e. The summed E-state index contributed by atoms with van der Waals surface area (Å²) in [5, 5.41) is 9.52. The lowest BCUT2D eigenvalue weighted by atomic mass is 10.1. The fourth-order valence-corrected chi connectivity index (χ4v) is 2.18. The Morgan fingerprint density at radius 3 is 2.75 bits per heavy atom. The largest absolute Gasteiger partial charge is 0.438 e. The number of nitrogens with zero attached hydrogens (tertiary/aromatic N) is 2. The molecule has 0 aliphatic carbocycles. The Morgan fingerprint density at radius 2 is 2.00 bits per heavy atom. The number of para-hydroxylation sites is 1. The van der Waals surface area contributed by atoms with E-state index in [0.717, 1.165) is 24.0 Å². The first kappa shape index (κ1) is 14.8. The average Bonchev–Trinajstić information content (AvgIpc) is 2.45. The smallest absolute Gasteiger partial charge is 0.227 e. The minimum atomic E-state index is 0.0761. The molecule has 20 heavy (non-hydrogen) atoms. The second-order valence-corrected chi connectivity index (χ2v) is 4.74. The van der Waals surface area contributed by atoms with Crippen molar-refractivity contribution in [2.45, 2.75) is 26.2 Å². The molecule has 0 fully saturated rings. The van der Waals surface area contributed by atoms with Crippen LogP contribution in [-0.4, -0.2) is 21.7 Å². The van der Waals surface area contributed by atoms with E-state index >= 15 is 0 Å². The van der Waals surface area contributed by atoms with Crippen molar-refractivity contribution in [1.29, 1.82) is 0 Å². The van der Waals surface area contributed by atoms with Gasteiger partial charge in [0.1, 0.15) is 17.2 Å². The highest BCUT2D eigenvalue weighted by Gasteiger charge is 2.13. The molecule has 0 atom stereocenters. The normalized spacial score (nSPS) is 10.6. The van der Waals surface area contributed by atoms with E-state index in [0.29, 0.717) is 23.2 Å². The van der Waals surface area contributed by atoms with E-state index in [9.17, 15) is 0 Å². The van der Waals surface area contributed by atoms with Crippen molar-refractivity contribution in [3.63, 3.8) is 0 Å². The maximum atomic E-state index is 9.09. The summed E-state index contributed by atoms with van der Waals surface area (Å²) in [5.41, 5.74) is 1.75. The van der Waals surface area contributed by atoms with Gasteiger partial charge in [-0.25, -0.2) is 9.97 Å². The van der Waals surface area contributed by atoms with E-state index in [4.69, 9.17) is 21.4 Å². The first-order valence-electron chi connectivity index (χ1n) is 6.62. The van der Waals surface area contributed by atoms with Gasteiger partial charge in [-0.15, -0.1) is 0 Å². The van der Waals surface area contributed by atoms with Gasteiger partial charge in [-0.2, -0.15) is 0 Å². The molecule has 1 heterocycles. The van der Waals surface area contributed by atoms with Gasteiger partial charge in [-0.3, -0.25) is 0 Å². The predicted octanol–water partition coefficient (Wildman–Crippen LogP) is 3.41. The van der Waals surface area contributed by atoms with Crippen LogP contribution >= 0.6 is 11.6 Å². The number of ether oxygens (including phenoxy) is 1. The van der Waals surface area contributed by atoms with Gasteiger partial charge in [0.05, 0.1) is 5.56 Å². The Balaban J connectivity index is 2.32. The van der Waals surface area contributed by atoms with Crippen LogP contribution in [0, 0.1) is 0 Å². The molecule has 0 unspecified atom stereocenters. The fraction of sp³-hybridized carbons (Fsp3) is 0.333. The molecule has 0 aliphatic rings. The van der Waals surface area contributed by atoms with E-state index in [1.54, 1.807) is 0 Å². The van der Waals surface area contributed by atoms with Gasteiger partial charge in [-0.05, 0) is 24.5 Å². The zero-order valence-electron chi connectivity index (χ0n) is 11.3. The fourth-order valence-electron chi connectivity index (χ4n) is 1.96. The highest BCUT2D eigenvalue weighted by Crippen LogP contribution is 2.30. The Hall–Kier alpha value is -1.65. The summed E-state index contributed by atoms with van der Waals surface area (Å²) in [4.78, 5) is 8.17. The zero-order valence-corrected chi connectivity index (χ0v) is 12.1. The first-order chi connectivity index (χ1) is 9.76. The molecule has 0 radical (unpaired) electrons. The Labute approximate surface area is 123 Å². The van der Waals surface area contributed by atoms with E-state index in [1.165, 1.54) is 6.33 Å². The molecular weight excluding hydrogens is 276 g/mol. The number of hydrogen-bond acceptors (Lipinski definition) is 4. The van der Waals surface area contributed by atoms with Crippen LogP contribution < -0.4 is 4.74 Å². The minimum absolute atomic E-state index is 0.0761. The van der Waals surface area contributed by atoms with E-state index in [-0.39, 0.29) is 6.61 Å². The molecule has 1 N–H and O–H groups in total. The van der Waals surface area contributed by atoms with Gasteiger partial charge in [-0.1, -0.05) is 43.1 Å². The lowest BCUT2D eigenvalue weighted by Crippen LogP contribution is -2.00. The standard InChI is InChI=1S/C15H17ClN2O2/c1-2-5-12-14(16)17-10-18-15(12)20-13-7-4-3-6-11(13)8-9-19/h3-4,6-7,10,19H,2,5,8-9H2,1H3. The van der Waals surface area contributed by atoms with E-state index in [1.807, 2.05) is 24.3 Å². The average molecular weight is 293 g/mol. The van der Waals surface area contributed by atoms with Crippen LogP contribution in [0.15, 0.2) is 30.6 Å². The molecule has 1 aromatic carbocycles. The summed E-state index contributed by atoms with van der Waals surface area (Å²) >= 11 is 6.10. The number of hydrogen-bond donors (Lipinski definition) is 1. The third kappa shape index (κ3) is 3.46. The van der Waals surface area contributed by atoms with Crippen molar-refractivity contribution < 1.29 is 9.84 Å². The third-order valence-electron chi connectivity index (χ3n) is 2.91. The molecule has 1 aromatic heterocycles. The summed E-state index contributed by atoms with van der Waals surface area (Å²) in [6, 6.07) is 7.58. The van der Waals surface area contributed by atoms with Gasteiger partial charge in [0.2, 0.25) is 5.88 Å². The second-order valence-electron chi connectivity index (χ2n) is 4.38. The third-order valence-corrected chi connectivity index (χ3v) is 3.24. The van der Waals surface area contributed by atoms with E-state index in [2.05, 4.69) is 16.9 Å². The molecule has 0 saturated heterocycles. The summed E-state index contributed by atoms with van der Waals surface area (Å²) in [7, 11) is 0. The molecule has 5 heteroatoms. The van der Waals surface area contributed by atoms with Gasteiger partial charge in [0.15, 0.2) is 0 Å². The topological polar surface area (TPSA) is 55.2 Å². The van der Waals surface area contributed by atoms with Crippen LogP contribution in [0.2, 0.25) is 5.15 Å². The van der Waals surface area contributed by atoms with Crippen LogP contribution in [-0.2, 0) is 12.8 Å². The maximum absolute atomic E-state index is 9.09. The lowest BCUT2D eigenvalue weighted by Gasteiger charge is -2.13. The van der Waals surface area contributed by atoms with Gasteiger partial charge < -0.3 is 9.84 Å². The van der Waals surface area contributed by atoms with Crippen molar-refractivity contribution in [2.75, 3.05) is 6.61 Å². The number of benzene rings is 1. The van der Waals surface area contributed by atoms with Gasteiger partial charge in [0.25, 0.3) is 0 Å². The van der Waals surface area contributed by atoms with Gasteiger partial charge in [0, 0.05) is 6.61 Å². The molecule has 0 bridgehead atoms. The molecule has 4 nitrogen and oxygen atoms in total. The monoisotopic (exact) mass is 292 g/mol. The number of aliphatic hydroxyl groups is 1. The lowest BCUT2D eigenvalue weighted by molar-refractivity contribution is 0.297. The van der Waals surface area contributed by atoms with E-state index < -0.39 is 0 Å².